The average molecular weight is 391 g/mol. The van der Waals surface area contributed by atoms with E-state index in [2.05, 4.69) is 25.3 Å². The van der Waals surface area contributed by atoms with Crippen molar-refractivity contribution in [3.8, 4) is 0 Å². The van der Waals surface area contributed by atoms with E-state index in [1.54, 1.807) is 24.5 Å². The van der Waals surface area contributed by atoms with Crippen LogP contribution in [0, 0.1) is 0 Å². The number of nitrogen functional groups attached to an aromatic ring is 1. The van der Waals surface area contributed by atoms with E-state index in [9.17, 15) is 4.79 Å². The summed E-state index contributed by atoms with van der Waals surface area (Å²) < 4.78 is 0. The molecule has 0 aliphatic rings. The van der Waals surface area contributed by atoms with Crippen LogP contribution < -0.4 is 11.1 Å². The summed E-state index contributed by atoms with van der Waals surface area (Å²) in [5.41, 5.74) is 7.47. The van der Waals surface area contributed by atoms with Gasteiger partial charge in [-0.15, -0.1) is 0 Å². The number of imidazole rings is 1. The second-order valence-electron chi connectivity index (χ2n) is 5.70. The van der Waals surface area contributed by atoms with Crippen molar-refractivity contribution in [2.75, 3.05) is 5.73 Å². The SMILES string of the molecule is C[C@@H](C/C=C/c1cnc(N)c(Cl)c1Cl)NC(=O)c1nc2ncccc2[nH]1. The molecular weight excluding hydrogens is 375 g/mol. The number of H-pyrrole nitrogens is 1. The van der Waals surface area contributed by atoms with Crippen molar-refractivity contribution in [2.24, 2.45) is 0 Å². The Morgan fingerprint density at radius 3 is 2.96 bits per heavy atom. The van der Waals surface area contributed by atoms with Crippen LogP contribution in [0.4, 0.5) is 5.82 Å². The fourth-order valence-corrected chi connectivity index (χ4v) is 2.68. The average Bonchev–Trinajstić information content (AvgIpc) is 3.06. The Morgan fingerprint density at radius 1 is 1.38 bits per heavy atom. The zero-order valence-corrected chi connectivity index (χ0v) is 15.3. The van der Waals surface area contributed by atoms with E-state index in [0.29, 0.717) is 28.2 Å². The van der Waals surface area contributed by atoms with Crippen LogP contribution in [0.2, 0.25) is 10.0 Å². The number of amides is 1. The Morgan fingerprint density at radius 2 is 2.19 bits per heavy atom. The number of nitrogens with two attached hydrogens (primary N) is 1. The van der Waals surface area contributed by atoms with E-state index in [1.165, 1.54) is 0 Å². The summed E-state index contributed by atoms with van der Waals surface area (Å²) in [4.78, 5) is 27.5. The van der Waals surface area contributed by atoms with Crippen LogP contribution in [-0.2, 0) is 0 Å². The number of hydrogen-bond donors (Lipinski definition) is 3. The van der Waals surface area contributed by atoms with E-state index < -0.39 is 0 Å². The van der Waals surface area contributed by atoms with E-state index in [-0.39, 0.29) is 28.6 Å². The lowest BCUT2D eigenvalue weighted by molar-refractivity contribution is 0.0931. The number of fused-ring (bicyclic) bond motifs is 1. The number of rotatable bonds is 5. The fourth-order valence-electron chi connectivity index (χ4n) is 2.31. The highest BCUT2D eigenvalue weighted by atomic mass is 35.5. The summed E-state index contributed by atoms with van der Waals surface area (Å²) >= 11 is 12.1. The molecule has 0 spiro atoms. The molecule has 0 unspecified atom stereocenters. The minimum Gasteiger partial charge on any atom is -0.382 e. The van der Waals surface area contributed by atoms with Crippen molar-refractivity contribution < 1.29 is 4.79 Å². The molecular formula is C17H16Cl2N6O. The monoisotopic (exact) mass is 390 g/mol. The number of hydrogen-bond acceptors (Lipinski definition) is 5. The molecule has 134 valence electrons. The van der Waals surface area contributed by atoms with Gasteiger partial charge in [0.1, 0.15) is 10.8 Å². The Kier molecular flexibility index (Phi) is 5.39. The van der Waals surface area contributed by atoms with Crippen molar-refractivity contribution in [2.45, 2.75) is 19.4 Å². The van der Waals surface area contributed by atoms with Gasteiger partial charge in [0.05, 0.1) is 10.5 Å². The maximum absolute atomic E-state index is 12.3. The number of nitrogens with zero attached hydrogens (tertiary/aromatic N) is 3. The lowest BCUT2D eigenvalue weighted by atomic mass is 10.2. The molecule has 0 fully saturated rings. The molecule has 1 atom stereocenters. The zero-order valence-electron chi connectivity index (χ0n) is 13.8. The fraction of sp³-hybridized carbons (Fsp3) is 0.176. The van der Waals surface area contributed by atoms with Crippen molar-refractivity contribution in [1.29, 1.82) is 0 Å². The van der Waals surface area contributed by atoms with Crippen LogP contribution in [0.25, 0.3) is 17.2 Å². The van der Waals surface area contributed by atoms with Crippen molar-refractivity contribution in [3.05, 3.63) is 52.0 Å². The summed E-state index contributed by atoms with van der Waals surface area (Å²) in [6.07, 6.45) is 7.42. The van der Waals surface area contributed by atoms with Crippen LogP contribution in [0.15, 0.2) is 30.6 Å². The van der Waals surface area contributed by atoms with Gasteiger partial charge >= 0.3 is 0 Å². The van der Waals surface area contributed by atoms with E-state index >= 15 is 0 Å². The largest absolute Gasteiger partial charge is 0.382 e. The third kappa shape index (κ3) is 3.95. The van der Waals surface area contributed by atoms with Gasteiger partial charge in [-0.05, 0) is 25.5 Å². The van der Waals surface area contributed by atoms with Crippen molar-refractivity contribution in [1.82, 2.24) is 25.3 Å². The first-order valence-corrected chi connectivity index (χ1v) is 8.59. The maximum atomic E-state index is 12.3. The number of carbonyl (C=O) groups is 1. The van der Waals surface area contributed by atoms with Gasteiger partial charge in [0.15, 0.2) is 11.5 Å². The molecule has 3 heterocycles. The third-order valence-electron chi connectivity index (χ3n) is 3.65. The number of aromatic nitrogens is 4. The van der Waals surface area contributed by atoms with Crippen LogP contribution in [0.1, 0.15) is 29.5 Å². The lowest BCUT2D eigenvalue weighted by Gasteiger charge is -2.10. The Bertz CT molecular complexity index is 952. The molecule has 0 saturated heterocycles. The second-order valence-corrected chi connectivity index (χ2v) is 6.46. The molecule has 4 N–H and O–H groups in total. The van der Waals surface area contributed by atoms with Gasteiger partial charge < -0.3 is 16.0 Å². The molecule has 1 amide bonds. The highest BCUT2D eigenvalue weighted by Crippen LogP contribution is 2.30. The molecule has 0 bridgehead atoms. The molecule has 7 nitrogen and oxygen atoms in total. The van der Waals surface area contributed by atoms with Gasteiger partial charge in [-0.1, -0.05) is 35.4 Å². The predicted molar refractivity (Wildman–Crippen MR) is 103 cm³/mol. The Labute approximate surface area is 159 Å². The first kappa shape index (κ1) is 18.2. The highest BCUT2D eigenvalue weighted by molar-refractivity contribution is 6.44. The molecule has 3 rings (SSSR count). The normalized spacial score (nSPS) is 12.6. The number of pyridine rings is 2. The summed E-state index contributed by atoms with van der Waals surface area (Å²) in [6, 6.07) is 3.48. The molecule has 0 saturated carbocycles. The van der Waals surface area contributed by atoms with Gasteiger partial charge in [0, 0.05) is 24.0 Å². The first-order chi connectivity index (χ1) is 12.5. The van der Waals surface area contributed by atoms with Gasteiger partial charge in [-0.2, -0.15) is 0 Å². The summed E-state index contributed by atoms with van der Waals surface area (Å²) in [7, 11) is 0. The van der Waals surface area contributed by atoms with Crippen LogP contribution in [-0.4, -0.2) is 31.9 Å². The second kappa shape index (κ2) is 7.72. The molecule has 0 aromatic carbocycles. The molecule has 9 heteroatoms. The van der Waals surface area contributed by atoms with Crippen LogP contribution >= 0.6 is 23.2 Å². The van der Waals surface area contributed by atoms with Gasteiger partial charge in [-0.3, -0.25) is 4.79 Å². The zero-order chi connectivity index (χ0) is 18.7. The van der Waals surface area contributed by atoms with E-state index in [4.69, 9.17) is 28.9 Å². The van der Waals surface area contributed by atoms with Gasteiger partial charge in [-0.25, -0.2) is 15.0 Å². The first-order valence-electron chi connectivity index (χ1n) is 7.83. The van der Waals surface area contributed by atoms with Crippen molar-refractivity contribution >= 4 is 52.2 Å². The molecule has 0 aliphatic heterocycles. The van der Waals surface area contributed by atoms with Crippen LogP contribution in [0.3, 0.4) is 0 Å². The van der Waals surface area contributed by atoms with Crippen LogP contribution in [0.5, 0.6) is 0 Å². The number of carbonyl (C=O) groups excluding carboxylic acids is 1. The van der Waals surface area contributed by atoms with Gasteiger partial charge in [0.25, 0.3) is 5.91 Å². The minimum atomic E-state index is -0.292. The van der Waals surface area contributed by atoms with E-state index in [1.807, 2.05) is 19.1 Å². The quantitative estimate of drug-likeness (QED) is 0.617. The summed E-state index contributed by atoms with van der Waals surface area (Å²) in [5.74, 6) is 0.126. The predicted octanol–water partition coefficient (Wildman–Crippen LogP) is 3.46. The highest BCUT2D eigenvalue weighted by Gasteiger charge is 2.14. The summed E-state index contributed by atoms with van der Waals surface area (Å²) in [6.45, 7) is 1.89. The number of nitrogens with one attached hydrogen (secondary N) is 2. The number of aromatic amines is 1. The molecule has 3 aromatic rings. The summed E-state index contributed by atoms with van der Waals surface area (Å²) in [5, 5.41) is 3.45. The third-order valence-corrected chi connectivity index (χ3v) is 4.54. The maximum Gasteiger partial charge on any atom is 0.287 e. The Balaban J connectivity index is 1.61. The molecule has 0 aliphatic carbocycles. The Hall–Kier alpha value is -2.64. The smallest absolute Gasteiger partial charge is 0.287 e. The van der Waals surface area contributed by atoms with Crippen molar-refractivity contribution in [3.63, 3.8) is 0 Å². The van der Waals surface area contributed by atoms with Gasteiger partial charge in [0.2, 0.25) is 0 Å². The van der Waals surface area contributed by atoms with E-state index in [0.717, 1.165) is 0 Å². The molecule has 3 aromatic heterocycles. The standard InChI is InChI=1S/C17H16Cl2N6O/c1-9(4-2-5-10-8-22-14(20)13(19)12(10)18)23-17(26)16-24-11-6-3-7-21-15(11)25-16/h2-3,5-9H,4H2,1H3,(H2,20,22)(H,23,26)(H,21,24,25)/b5-2+/t9-/m0/s1. The number of halogens is 2. The molecule has 26 heavy (non-hydrogen) atoms. The number of anilines is 1. The molecule has 0 radical (unpaired) electrons. The topological polar surface area (TPSA) is 110 Å². The lowest BCUT2D eigenvalue weighted by Crippen LogP contribution is -2.32. The minimum absolute atomic E-state index is 0.115.